The van der Waals surface area contributed by atoms with Crippen LogP contribution in [0.25, 0.3) is 0 Å². The van der Waals surface area contributed by atoms with Gasteiger partial charge in [-0.15, -0.1) is 0 Å². The second kappa shape index (κ2) is 8.50. The molecule has 0 spiro atoms. The van der Waals surface area contributed by atoms with Gasteiger partial charge in [-0.2, -0.15) is 0 Å². The number of nitrogens with one attached hydrogen (secondary N) is 2. The summed E-state index contributed by atoms with van der Waals surface area (Å²) < 4.78 is 4.82. The Morgan fingerprint density at radius 2 is 1.93 bits per heavy atom. The van der Waals surface area contributed by atoms with Crippen molar-refractivity contribution in [3.05, 3.63) is 0 Å². The number of hydrogen-bond acceptors (Lipinski definition) is 3. The molecule has 0 unspecified atom stereocenters. The molecule has 82 valence electrons. The summed E-state index contributed by atoms with van der Waals surface area (Å²) >= 11 is 0. The van der Waals surface area contributed by atoms with E-state index in [-0.39, 0.29) is 18.4 Å². The number of rotatable bonds is 7. The zero-order chi connectivity index (χ0) is 10.8. The van der Waals surface area contributed by atoms with E-state index in [1.165, 1.54) is 0 Å². The van der Waals surface area contributed by atoms with Crippen LogP contribution in [0.4, 0.5) is 0 Å². The molecule has 0 aromatic carbocycles. The zero-order valence-corrected chi connectivity index (χ0v) is 8.76. The summed E-state index contributed by atoms with van der Waals surface area (Å²) in [5.41, 5.74) is 0. The molecule has 2 amide bonds. The smallest absolute Gasteiger partial charge is 0.239 e. The Morgan fingerprint density at radius 1 is 1.21 bits per heavy atom. The maximum absolute atomic E-state index is 11.1. The van der Waals surface area contributed by atoms with Crippen molar-refractivity contribution in [1.29, 1.82) is 0 Å². The molecule has 0 atom stereocenters. The molecule has 0 radical (unpaired) electrons. The van der Waals surface area contributed by atoms with Gasteiger partial charge in [0.25, 0.3) is 0 Å². The fourth-order valence-corrected chi connectivity index (χ4v) is 0.811. The van der Waals surface area contributed by atoms with Gasteiger partial charge < -0.3 is 15.4 Å². The van der Waals surface area contributed by atoms with Gasteiger partial charge in [-0.05, 0) is 6.42 Å². The van der Waals surface area contributed by atoms with E-state index >= 15 is 0 Å². The standard InChI is InChI=1S/C9H18N2O3/c1-3-8(12)11-7-9(13)10-5-4-6-14-2/h3-7H2,1-2H3,(H,10,13)(H,11,12). The molecule has 2 N–H and O–H groups in total. The lowest BCUT2D eigenvalue weighted by atomic mass is 10.4. The lowest BCUT2D eigenvalue weighted by Crippen LogP contribution is -2.37. The van der Waals surface area contributed by atoms with Gasteiger partial charge in [0, 0.05) is 26.7 Å². The van der Waals surface area contributed by atoms with Crippen molar-refractivity contribution in [1.82, 2.24) is 10.6 Å². The molecule has 5 heteroatoms. The molecule has 5 nitrogen and oxygen atoms in total. The SMILES string of the molecule is CCC(=O)NCC(=O)NCCCOC. The van der Waals surface area contributed by atoms with Crippen molar-refractivity contribution in [3.63, 3.8) is 0 Å². The third-order valence-electron chi connectivity index (χ3n) is 1.61. The highest BCUT2D eigenvalue weighted by Gasteiger charge is 2.01. The van der Waals surface area contributed by atoms with Crippen LogP contribution in [0, 0.1) is 0 Å². The van der Waals surface area contributed by atoms with Crippen molar-refractivity contribution >= 4 is 11.8 Å². The molecule has 0 bridgehead atoms. The highest BCUT2D eigenvalue weighted by Crippen LogP contribution is 1.78. The Hall–Kier alpha value is -1.10. The largest absolute Gasteiger partial charge is 0.385 e. The molecule has 0 aliphatic heterocycles. The summed E-state index contributed by atoms with van der Waals surface area (Å²) in [7, 11) is 1.61. The Bertz CT molecular complexity index is 183. The highest BCUT2D eigenvalue weighted by atomic mass is 16.5. The summed E-state index contributed by atoms with van der Waals surface area (Å²) in [4.78, 5) is 21.8. The van der Waals surface area contributed by atoms with E-state index in [0.29, 0.717) is 19.6 Å². The lowest BCUT2D eigenvalue weighted by Gasteiger charge is -2.05. The van der Waals surface area contributed by atoms with Crippen LogP contribution in [0.15, 0.2) is 0 Å². The van der Waals surface area contributed by atoms with Crippen LogP contribution in [-0.4, -0.2) is 38.6 Å². The predicted molar refractivity (Wildman–Crippen MR) is 52.8 cm³/mol. The molecule has 0 fully saturated rings. The topological polar surface area (TPSA) is 67.4 Å². The van der Waals surface area contributed by atoms with Crippen LogP contribution >= 0.6 is 0 Å². The molecule has 14 heavy (non-hydrogen) atoms. The van der Waals surface area contributed by atoms with E-state index in [9.17, 15) is 9.59 Å². The number of carbonyl (C=O) groups excluding carboxylic acids is 2. The first-order valence-corrected chi connectivity index (χ1v) is 4.73. The molecule has 0 aliphatic carbocycles. The van der Waals surface area contributed by atoms with Crippen molar-refractivity contribution < 1.29 is 14.3 Å². The van der Waals surface area contributed by atoms with E-state index in [0.717, 1.165) is 6.42 Å². The van der Waals surface area contributed by atoms with Gasteiger partial charge >= 0.3 is 0 Å². The number of carbonyl (C=O) groups is 2. The Balaban J connectivity index is 3.32. The molecule has 0 rings (SSSR count). The van der Waals surface area contributed by atoms with Crippen LogP contribution in [0.1, 0.15) is 19.8 Å². The summed E-state index contributed by atoms with van der Waals surface area (Å²) in [5, 5.41) is 5.15. The average Bonchev–Trinajstić information content (AvgIpc) is 2.21. The Labute approximate surface area is 84.2 Å². The maximum atomic E-state index is 11.1. The Morgan fingerprint density at radius 3 is 2.50 bits per heavy atom. The van der Waals surface area contributed by atoms with Crippen LogP contribution in [0.3, 0.4) is 0 Å². The van der Waals surface area contributed by atoms with E-state index in [4.69, 9.17) is 4.74 Å². The minimum atomic E-state index is -0.164. The van der Waals surface area contributed by atoms with E-state index in [1.807, 2.05) is 0 Å². The molecule has 0 saturated heterocycles. The van der Waals surface area contributed by atoms with Crippen molar-refractivity contribution in [3.8, 4) is 0 Å². The monoisotopic (exact) mass is 202 g/mol. The number of amides is 2. The average molecular weight is 202 g/mol. The normalized spacial score (nSPS) is 9.57. The molecular formula is C9H18N2O3. The van der Waals surface area contributed by atoms with Gasteiger partial charge in [-0.25, -0.2) is 0 Å². The molecule has 0 heterocycles. The van der Waals surface area contributed by atoms with Crippen LogP contribution in [-0.2, 0) is 14.3 Å². The number of methoxy groups -OCH3 is 1. The van der Waals surface area contributed by atoms with Crippen LogP contribution < -0.4 is 10.6 Å². The second-order valence-corrected chi connectivity index (χ2v) is 2.83. The fourth-order valence-electron chi connectivity index (χ4n) is 0.811. The first-order valence-electron chi connectivity index (χ1n) is 4.73. The predicted octanol–water partition coefficient (Wildman–Crippen LogP) is -0.335. The Kier molecular flexibility index (Phi) is 7.83. The quantitative estimate of drug-likeness (QED) is 0.555. The molecule has 0 aliphatic rings. The van der Waals surface area contributed by atoms with Crippen molar-refractivity contribution in [2.24, 2.45) is 0 Å². The first-order chi connectivity index (χ1) is 6.70. The van der Waals surface area contributed by atoms with E-state index in [1.54, 1.807) is 14.0 Å². The summed E-state index contributed by atoms with van der Waals surface area (Å²) in [5.74, 6) is -0.278. The van der Waals surface area contributed by atoms with E-state index < -0.39 is 0 Å². The van der Waals surface area contributed by atoms with Gasteiger partial charge in [0.05, 0.1) is 6.54 Å². The molecular weight excluding hydrogens is 184 g/mol. The number of ether oxygens (including phenoxy) is 1. The summed E-state index contributed by atoms with van der Waals surface area (Å²) in [6.07, 6.45) is 1.18. The second-order valence-electron chi connectivity index (χ2n) is 2.83. The molecule has 0 saturated carbocycles. The summed E-state index contributed by atoms with van der Waals surface area (Å²) in [6.45, 7) is 3.00. The van der Waals surface area contributed by atoms with Gasteiger partial charge in [-0.3, -0.25) is 9.59 Å². The first kappa shape index (κ1) is 12.9. The van der Waals surface area contributed by atoms with Gasteiger partial charge in [0.1, 0.15) is 0 Å². The van der Waals surface area contributed by atoms with Crippen LogP contribution in [0.5, 0.6) is 0 Å². The van der Waals surface area contributed by atoms with E-state index in [2.05, 4.69) is 10.6 Å². The lowest BCUT2D eigenvalue weighted by molar-refractivity contribution is -0.125. The third kappa shape index (κ3) is 7.54. The summed E-state index contributed by atoms with van der Waals surface area (Å²) in [6, 6.07) is 0. The van der Waals surface area contributed by atoms with Gasteiger partial charge in [0.2, 0.25) is 11.8 Å². The molecule has 0 aromatic heterocycles. The highest BCUT2D eigenvalue weighted by molar-refractivity contribution is 5.84. The zero-order valence-electron chi connectivity index (χ0n) is 8.76. The van der Waals surface area contributed by atoms with Crippen molar-refractivity contribution in [2.75, 3.05) is 26.8 Å². The van der Waals surface area contributed by atoms with Gasteiger partial charge in [-0.1, -0.05) is 6.92 Å². The minimum absolute atomic E-state index is 0.0552. The number of hydrogen-bond donors (Lipinski definition) is 2. The third-order valence-corrected chi connectivity index (χ3v) is 1.61. The minimum Gasteiger partial charge on any atom is -0.385 e. The fraction of sp³-hybridized carbons (Fsp3) is 0.778. The van der Waals surface area contributed by atoms with Crippen LogP contribution in [0.2, 0.25) is 0 Å². The van der Waals surface area contributed by atoms with Gasteiger partial charge in [0.15, 0.2) is 0 Å². The van der Waals surface area contributed by atoms with Crippen molar-refractivity contribution in [2.45, 2.75) is 19.8 Å². The maximum Gasteiger partial charge on any atom is 0.239 e. The molecule has 0 aromatic rings.